The standard InChI is InChI=1S/C23H28N4O3S/c28-13-23(8-1-9-23)26-20-19-21(30-14-31(19)29)25-22(24-20)27-10-6-16(7-11-27)18-5-3-15-2-4-17(15)12-18/h3,5,12,16,28H,1-2,4,6-11,13-14H2,(H,24,25,26)/t31-/m0/s1. The Bertz CT molecular complexity index is 1040. The van der Waals surface area contributed by atoms with Gasteiger partial charge in [-0.3, -0.25) is 4.21 Å². The van der Waals surface area contributed by atoms with Gasteiger partial charge in [0.15, 0.2) is 11.8 Å². The fraction of sp³-hybridized carbons (Fsp3) is 0.565. The van der Waals surface area contributed by atoms with Crippen LogP contribution in [-0.4, -0.2) is 50.5 Å². The Morgan fingerprint density at radius 3 is 2.65 bits per heavy atom. The van der Waals surface area contributed by atoms with Crippen LogP contribution in [0.4, 0.5) is 11.8 Å². The molecule has 31 heavy (non-hydrogen) atoms. The van der Waals surface area contributed by atoms with Gasteiger partial charge in [-0.2, -0.15) is 9.97 Å². The summed E-state index contributed by atoms with van der Waals surface area (Å²) in [6.07, 6.45) is 7.42. The van der Waals surface area contributed by atoms with Crippen molar-refractivity contribution in [3.05, 3.63) is 34.9 Å². The number of anilines is 2. The van der Waals surface area contributed by atoms with Crippen LogP contribution in [0.3, 0.4) is 0 Å². The number of aliphatic hydroxyl groups is 1. The van der Waals surface area contributed by atoms with Crippen LogP contribution in [0.25, 0.3) is 0 Å². The van der Waals surface area contributed by atoms with Crippen molar-refractivity contribution in [3.63, 3.8) is 0 Å². The van der Waals surface area contributed by atoms with Crippen LogP contribution in [-0.2, 0) is 23.6 Å². The van der Waals surface area contributed by atoms with Crippen molar-refractivity contribution in [1.29, 1.82) is 0 Å². The number of ether oxygens (including phenoxy) is 1. The summed E-state index contributed by atoms with van der Waals surface area (Å²) in [4.78, 5) is 12.2. The molecule has 2 fully saturated rings. The van der Waals surface area contributed by atoms with E-state index in [2.05, 4.69) is 33.4 Å². The second-order valence-electron chi connectivity index (χ2n) is 9.32. The first-order chi connectivity index (χ1) is 15.1. The van der Waals surface area contributed by atoms with E-state index in [1.54, 1.807) is 0 Å². The summed E-state index contributed by atoms with van der Waals surface area (Å²) in [5.74, 6) is 2.31. The molecule has 2 aliphatic heterocycles. The van der Waals surface area contributed by atoms with Crippen molar-refractivity contribution in [2.75, 3.05) is 35.9 Å². The van der Waals surface area contributed by atoms with Gasteiger partial charge in [-0.15, -0.1) is 0 Å². The summed E-state index contributed by atoms with van der Waals surface area (Å²) < 4.78 is 18.1. The van der Waals surface area contributed by atoms with Crippen LogP contribution in [0.1, 0.15) is 54.7 Å². The zero-order valence-corrected chi connectivity index (χ0v) is 18.4. The molecule has 0 bridgehead atoms. The lowest BCUT2D eigenvalue weighted by molar-refractivity contribution is 0.143. The maximum absolute atomic E-state index is 12.5. The number of rotatable bonds is 5. The minimum absolute atomic E-state index is 0.0424. The summed E-state index contributed by atoms with van der Waals surface area (Å²) in [6.45, 7) is 1.81. The van der Waals surface area contributed by atoms with Crippen molar-refractivity contribution in [1.82, 2.24) is 9.97 Å². The van der Waals surface area contributed by atoms with Crippen molar-refractivity contribution in [3.8, 4) is 5.88 Å². The predicted molar refractivity (Wildman–Crippen MR) is 119 cm³/mol. The molecule has 2 aromatic rings. The topological polar surface area (TPSA) is 87.6 Å². The molecule has 1 atom stereocenters. The number of hydrogen-bond acceptors (Lipinski definition) is 7. The SMILES string of the molecule is O=[S@]1COc2nc(N3CCC(c4ccc5c(c4)CC5)CC3)nc(NC3(CO)CCC3)c21. The number of nitrogens with one attached hydrogen (secondary N) is 1. The van der Waals surface area contributed by atoms with E-state index in [9.17, 15) is 9.32 Å². The monoisotopic (exact) mass is 440 g/mol. The van der Waals surface area contributed by atoms with E-state index < -0.39 is 10.8 Å². The van der Waals surface area contributed by atoms with Crippen molar-refractivity contribution in [2.45, 2.75) is 61.3 Å². The third-order valence-electron chi connectivity index (χ3n) is 7.49. The van der Waals surface area contributed by atoms with Crippen LogP contribution in [0.5, 0.6) is 5.88 Å². The maximum atomic E-state index is 12.5. The molecule has 1 saturated carbocycles. The van der Waals surface area contributed by atoms with E-state index in [0.717, 1.165) is 45.2 Å². The fourth-order valence-corrected chi connectivity index (χ4v) is 6.12. The third-order valence-corrected chi connectivity index (χ3v) is 8.65. The van der Waals surface area contributed by atoms with E-state index >= 15 is 0 Å². The molecule has 4 aliphatic rings. The highest BCUT2D eigenvalue weighted by Crippen LogP contribution is 2.41. The number of fused-ring (bicyclic) bond motifs is 2. The number of aromatic nitrogens is 2. The van der Waals surface area contributed by atoms with Gasteiger partial charge in [0.2, 0.25) is 11.8 Å². The maximum Gasteiger partial charge on any atom is 0.238 e. The first-order valence-corrected chi connectivity index (χ1v) is 12.6. The van der Waals surface area contributed by atoms with Crippen molar-refractivity contribution >= 4 is 22.6 Å². The number of nitrogens with zero attached hydrogens (tertiary/aromatic N) is 3. The smallest absolute Gasteiger partial charge is 0.238 e. The summed E-state index contributed by atoms with van der Waals surface area (Å²) in [6, 6.07) is 7.02. The third kappa shape index (κ3) is 3.31. The molecule has 3 heterocycles. The van der Waals surface area contributed by atoms with Gasteiger partial charge in [0, 0.05) is 13.1 Å². The lowest BCUT2D eigenvalue weighted by Gasteiger charge is -2.41. The van der Waals surface area contributed by atoms with Gasteiger partial charge in [-0.25, -0.2) is 0 Å². The van der Waals surface area contributed by atoms with Gasteiger partial charge in [0.1, 0.15) is 15.7 Å². The van der Waals surface area contributed by atoms with Crippen molar-refractivity contribution < 1.29 is 14.1 Å². The van der Waals surface area contributed by atoms with Crippen LogP contribution in [0.2, 0.25) is 0 Å². The molecule has 8 heteroatoms. The molecule has 1 aromatic heterocycles. The molecule has 2 N–H and O–H groups in total. The molecule has 1 aromatic carbocycles. The molecular formula is C23H28N4O3S. The molecule has 0 unspecified atom stereocenters. The Morgan fingerprint density at radius 1 is 1.19 bits per heavy atom. The highest BCUT2D eigenvalue weighted by atomic mass is 32.2. The second-order valence-corrected chi connectivity index (χ2v) is 10.7. The Balaban J connectivity index is 1.23. The summed E-state index contributed by atoms with van der Waals surface area (Å²) in [5, 5.41) is 13.3. The normalized spacial score (nSPS) is 23.9. The number of aliphatic hydroxyl groups excluding tert-OH is 1. The fourth-order valence-electron chi connectivity index (χ4n) is 5.18. The average molecular weight is 441 g/mol. The summed E-state index contributed by atoms with van der Waals surface area (Å²) in [7, 11) is -1.28. The highest BCUT2D eigenvalue weighted by molar-refractivity contribution is 7.85. The Morgan fingerprint density at radius 2 is 2.00 bits per heavy atom. The Hall–Kier alpha value is -2.19. The zero-order chi connectivity index (χ0) is 21.0. The summed E-state index contributed by atoms with van der Waals surface area (Å²) >= 11 is 0. The van der Waals surface area contributed by atoms with Crippen LogP contribution in [0.15, 0.2) is 23.1 Å². The number of aryl methyl sites for hydroxylation is 2. The Labute approximate surface area is 184 Å². The molecule has 0 spiro atoms. The molecule has 0 radical (unpaired) electrons. The van der Waals surface area contributed by atoms with Gasteiger partial charge in [0.05, 0.1) is 12.1 Å². The van der Waals surface area contributed by atoms with E-state index in [1.165, 1.54) is 29.5 Å². The number of benzene rings is 1. The first kappa shape index (κ1) is 19.5. The number of piperidine rings is 1. The minimum Gasteiger partial charge on any atom is -0.463 e. The Kier molecular flexibility index (Phi) is 4.68. The van der Waals surface area contributed by atoms with Crippen LogP contribution >= 0.6 is 0 Å². The van der Waals surface area contributed by atoms with Gasteiger partial charge >= 0.3 is 0 Å². The molecule has 164 valence electrons. The summed E-state index contributed by atoms with van der Waals surface area (Å²) in [5.41, 5.74) is 4.13. The van der Waals surface area contributed by atoms with E-state index in [-0.39, 0.29) is 18.1 Å². The lowest BCUT2D eigenvalue weighted by Crippen LogP contribution is -2.48. The van der Waals surface area contributed by atoms with Gasteiger partial charge in [-0.1, -0.05) is 18.2 Å². The molecule has 2 aliphatic carbocycles. The van der Waals surface area contributed by atoms with E-state index in [1.807, 2.05) is 0 Å². The van der Waals surface area contributed by atoms with Gasteiger partial charge in [-0.05, 0) is 67.6 Å². The zero-order valence-electron chi connectivity index (χ0n) is 17.6. The molecule has 6 rings (SSSR count). The van der Waals surface area contributed by atoms with E-state index in [4.69, 9.17) is 9.72 Å². The largest absolute Gasteiger partial charge is 0.463 e. The molecule has 1 saturated heterocycles. The first-order valence-electron chi connectivity index (χ1n) is 11.3. The second kappa shape index (κ2) is 7.45. The predicted octanol–water partition coefficient (Wildman–Crippen LogP) is 2.74. The molecular weight excluding hydrogens is 412 g/mol. The van der Waals surface area contributed by atoms with E-state index in [0.29, 0.717) is 28.5 Å². The van der Waals surface area contributed by atoms with Gasteiger partial charge in [0.25, 0.3) is 0 Å². The quantitative estimate of drug-likeness (QED) is 0.739. The van der Waals surface area contributed by atoms with Crippen LogP contribution in [0, 0.1) is 0 Å². The minimum atomic E-state index is -1.28. The van der Waals surface area contributed by atoms with Gasteiger partial charge < -0.3 is 20.1 Å². The lowest BCUT2D eigenvalue weighted by atomic mass is 9.77. The molecule has 7 nitrogen and oxygen atoms in total. The molecule has 0 amide bonds. The van der Waals surface area contributed by atoms with Crippen molar-refractivity contribution in [2.24, 2.45) is 0 Å². The van der Waals surface area contributed by atoms with Crippen LogP contribution < -0.4 is 15.0 Å². The average Bonchev–Trinajstić information content (AvgIpc) is 3.13. The number of hydrogen-bond donors (Lipinski definition) is 2. The highest BCUT2D eigenvalue weighted by Gasteiger charge is 2.39.